The maximum absolute atomic E-state index is 4.95. The van der Waals surface area contributed by atoms with Crippen LogP contribution in [0.1, 0.15) is 22.3 Å². The van der Waals surface area contributed by atoms with Crippen LogP contribution in [0.15, 0.2) is 154 Å². The zero-order chi connectivity index (χ0) is 40.5. The Morgan fingerprint density at radius 3 is 1.07 bits per heavy atom. The molecule has 1 aliphatic rings. The van der Waals surface area contributed by atoms with Gasteiger partial charge in [0, 0.05) is 64.4 Å². The van der Waals surface area contributed by atoms with Crippen molar-refractivity contribution in [3.8, 4) is 20.9 Å². The molecule has 10 heteroatoms. The van der Waals surface area contributed by atoms with Gasteiger partial charge in [-0.15, -0.1) is 22.7 Å². The lowest BCUT2D eigenvalue weighted by Gasteiger charge is -2.25. The molecular weight excluding hydrogens is 813 g/mol. The van der Waals surface area contributed by atoms with Gasteiger partial charge in [0.2, 0.25) is 0 Å². The predicted octanol–water partition coefficient (Wildman–Crippen LogP) is 16.4. The summed E-state index contributed by atoms with van der Waals surface area (Å²) >= 11 is 6.03. The number of rotatable bonds is 8. The molecule has 0 spiro atoms. The van der Waals surface area contributed by atoms with Crippen molar-refractivity contribution in [1.29, 1.82) is 0 Å². The number of thiophene rings is 2. The lowest BCUT2D eigenvalue weighted by Crippen LogP contribution is -2.09. The molecule has 0 unspecified atom stereocenters. The number of benzene rings is 7. The first-order valence-electron chi connectivity index (χ1n) is 19.7. The molecule has 0 radical (unpaired) electrons. The Morgan fingerprint density at radius 1 is 0.383 bits per heavy atom. The first-order chi connectivity index (χ1) is 29.3. The van der Waals surface area contributed by atoms with Gasteiger partial charge in [0.15, 0.2) is 0 Å². The van der Waals surface area contributed by atoms with Crippen molar-refractivity contribution in [2.24, 2.45) is 8.73 Å². The third kappa shape index (κ3) is 6.44. The lowest BCUT2D eigenvalue weighted by molar-refractivity contribution is 1.27. The fraction of sp³-hybridized carbons (Fsp3) is 0.0800. The third-order valence-corrected chi connectivity index (χ3v) is 14.4. The van der Waals surface area contributed by atoms with Gasteiger partial charge in [-0.3, -0.25) is 0 Å². The standard InChI is InChI=1S/C50H36N6S4/c1-29-5-15-35(16-6-29)55(36-17-7-30(2)8-18-36)39-23-13-33-25-43(57-41(33)27-39)45-47-49(53-59-51-47)46(50-48(45)52-60-54-50)44-26-34-14-24-40(28-42(34)58-44)56(37-19-9-31(3)10-20-37)38-21-11-32(4)12-22-38/h5-28H,1-4H3. The van der Waals surface area contributed by atoms with Crippen molar-refractivity contribution < 1.29 is 0 Å². The van der Waals surface area contributed by atoms with Crippen LogP contribution in [0.4, 0.5) is 45.5 Å². The van der Waals surface area contributed by atoms with E-state index >= 15 is 0 Å². The van der Waals surface area contributed by atoms with E-state index in [1.54, 1.807) is 22.7 Å². The van der Waals surface area contributed by atoms with Gasteiger partial charge < -0.3 is 9.80 Å². The highest BCUT2D eigenvalue weighted by Crippen LogP contribution is 2.55. The Hall–Kier alpha value is -6.30. The molecule has 0 saturated carbocycles. The first-order valence-corrected chi connectivity index (χ1v) is 22.8. The number of nitrogens with zero attached hydrogens (tertiary/aromatic N) is 6. The van der Waals surface area contributed by atoms with E-state index in [0.717, 1.165) is 77.4 Å². The number of aryl methyl sites for hydroxylation is 4. The summed E-state index contributed by atoms with van der Waals surface area (Å²) in [6.07, 6.45) is 0. The van der Waals surface area contributed by atoms with Crippen molar-refractivity contribution in [1.82, 2.24) is 8.75 Å². The number of aromatic nitrogens is 2. The van der Waals surface area contributed by atoms with Crippen molar-refractivity contribution in [3.05, 3.63) is 168 Å². The minimum absolute atomic E-state index is 0.867. The quantitative estimate of drug-likeness (QED) is 0.153. The molecule has 0 saturated heterocycles. The number of hydrogen-bond acceptors (Lipinski definition) is 9. The maximum Gasteiger partial charge on any atom is 0.116 e. The van der Waals surface area contributed by atoms with E-state index in [-0.39, 0.29) is 0 Å². The van der Waals surface area contributed by atoms with Gasteiger partial charge in [0.1, 0.15) is 22.4 Å². The minimum atomic E-state index is 0.867. The number of fused-ring (bicyclic) bond motifs is 4. The second kappa shape index (κ2) is 14.8. The monoisotopic (exact) mass is 848 g/mol. The van der Waals surface area contributed by atoms with Gasteiger partial charge in [0.25, 0.3) is 0 Å². The SMILES string of the molecule is Cc1ccc(N(c2ccc(C)cc2)c2ccc3cc(-c4c5c(c(-c6cc7ccc(N(c8ccc(C)cc8)c8ccc(C)cc8)cc7s6)c6nsnc46)N=S=N5)sc3c2)cc1. The molecule has 10 aromatic rings. The van der Waals surface area contributed by atoms with Crippen LogP contribution in [0, 0.1) is 27.7 Å². The second-order valence-electron chi connectivity index (χ2n) is 15.4. The summed E-state index contributed by atoms with van der Waals surface area (Å²) in [5.74, 6) is 0. The van der Waals surface area contributed by atoms with Gasteiger partial charge in [0.05, 0.1) is 23.1 Å². The van der Waals surface area contributed by atoms with E-state index in [9.17, 15) is 0 Å². The molecule has 7 aromatic carbocycles. The Balaban J connectivity index is 1.00. The molecule has 0 fully saturated rings. The zero-order valence-corrected chi connectivity index (χ0v) is 36.4. The third-order valence-electron chi connectivity index (χ3n) is 11.1. The highest BCUT2D eigenvalue weighted by atomic mass is 32.1. The van der Waals surface area contributed by atoms with Crippen LogP contribution in [0.5, 0.6) is 0 Å². The summed E-state index contributed by atoms with van der Waals surface area (Å²) in [6.45, 7) is 8.50. The summed E-state index contributed by atoms with van der Waals surface area (Å²) in [6, 6.07) is 53.0. The molecule has 11 rings (SSSR count). The maximum atomic E-state index is 4.95. The Kier molecular flexibility index (Phi) is 9.04. The summed E-state index contributed by atoms with van der Waals surface area (Å²) in [4.78, 5) is 6.87. The summed E-state index contributed by atoms with van der Waals surface area (Å²) in [5.41, 5.74) is 17.1. The van der Waals surface area contributed by atoms with Gasteiger partial charge in [-0.05, 0) is 123 Å². The van der Waals surface area contributed by atoms with Crippen LogP contribution in [-0.4, -0.2) is 8.75 Å². The molecule has 0 atom stereocenters. The van der Waals surface area contributed by atoms with Gasteiger partial charge in [-0.1, -0.05) is 82.9 Å². The second-order valence-corrected chi connectivity index (χ2v) is 18.6. The smallest absolute Gasteiger partial charge is 0.116 e. The molecule has 290 valence electrons. The van der Waals surface area contributed by atoms with Crippen LogP contribution < -0.4 is 9.80 Å². The van der Waals surface area contributed by atoms with E-state index in [4.69, 9.17) is 17.5 Å². The molecule has 6 nitrogen and oxygen atoms in total. The molecular formula is C50H36N6S4. The fourth-order valence-electron chi connectivity index (χ4n) is 7.96. The van der Waals surface area contributed by atoms with E-state index in [0.29, 0.717) is 0 Å². The van der Waals surface area contributed by atoms with Gasteiger partial charge in [-0.2, -0.15) is 17.5 Å². The molecule has 0 aliphatic carbocycles. The van der Waals surface area contributed by atoms with Crippen molar-refractivity contribution >= 4 is 122 Å². The Labute approximate surface area is 363 Å². The van der Waals surface area contributed by atoms with Crippen LogP contribution in [-0.2, 0) is 11.4 Å². The topological polar surface area (TPSA) is 57.0 Å². The largest absolute Gasteiger partial charge is 0.310 e. The Bertz CT molecular complexity index is 3030. The highest BCUT2D eigenvalue weighted by Gasteiger charge is 2.28. The molecule has 0 amide bonds. The van der Waals surface area contributed by atoms with Gasteiger partial charge >= 0.3 is 0 Å². The molecule has 60 heavy (non-hydrogen) atoms. The van der Waals surface area contributed by atoms with Crippen molar-refractivity contribution in [2.45, 2.75) is 27.7 Å². The molecule has 0 N–H and O–H groups in total. The normalized spacial score (nSPS) is 12.1. The zero-order valence-electron chi connectivity index (χ0n) is 33.2. The van der Waals surface area contributed by atoms with Crippen LogP contribution in [0.2, 0.25) is 0 Å². The molecule has 3 aromatic heterocycles. The summed E-state index contributed by atoms with van der Waals surface area (Å²) in [7, 11) is 0. The highest BCUT2D eigenvalue weighted by molar-refractivity contribution is 7.58. The molecule has 4 heterocycles. The average Bonchev–Trinajstić information content (AvgIpc) is 4.09. The number of anilines is 6. The summed E-state index contributed by atoms with van der Waals surface area (Å²) < 4.78 is 22.2. The van der Waals surface area contributed by atoms with E-state index in [1.807, 2.05) is 0 Å². The molecule has 0 bridgehead atoms. The lowest BCUT2D eigenvalue weighted by atomic mass is 10.0. The fourth-order valence-corrected chi connectivity index (χ4v) is 11.4. The molecule has 1 aliphatic heterocycles. The van der Waals surface area contributed by atoms with E-state index in [2.05, 4.69) is 183 Å². The predicted molar refractivity (Wildman–Crippen MR) is 259 cm³/mol. The van der Waals surface area contributed by atoms with Crippen molar-refractivity contribution in [2.75, 3.05) is 9.80 Å². The van der Waals surface area contributed by atoms with Crippen molar-refractivity contribution in [3.63, 3.8) is 0 Å². The van der Waals surface area contributed by atoms with Crippen LogP contribution in [0.25, 0.3) is 52.1 Å². The van der Waals surface area contributed by atoms with Crippen LogP contribution in [0.3, 0.4) is 0 Å². The van der Waals surface area contributed by atoms with Crippen LogP contribution >= 0.6 is 34.4 Å². The van der Waals surface area contributed by atoms with E-state index in [1.165, 1.54) is 65.5 Å². The van der Waals surface area contributed by atoms with Gasteiger partial charge in [-0.25, -0.2) is 0 Å². The minimum Gasteiger partial charge on any atom is -0.310 e. The number of hydrogen-bond donors (Lipinski definition) is 0. The first kappa shape index (κ1) is 36.8. The average molecular weight is 849 g/mol. The van der Waals surface area contributed by atoms with E-state index < -0.39 is 0 Å². The summed E-state index contributed by atoms with van der Waals surface area (Å²) in [5, 5.41) is 2.35. The Morgan fingerprint density at radius 2 is 0.717 bits per heavy atom.